The van der Waals surface area contributed by atoms with Crippen molar-refractivity contribution in [2.24, 2.45) is 5.73 Å². The highest BCUT2D eigenvalue weighted by molar-refractivity contribution is 9.10. The Hall–Kier alpha value is -1.90. The van der Waals surface area contributed by atoms with Crippen LogP contribution in [0.3, 0.4) is 0 Å². The number of rotatable bonds is 4. The van der Waals surface area contributed by atoms with E-state index in [-0.39, 0.29) is 11.9 Å². The summed E-state index contributed by atoms with van der Waals surface area (Å²) < 4.78 is 0.946. The third kappa shape index (κ3) is 4.59. The lowest BCUT2D eigenvalue weighted by atomic mass is 10.1. The van der Waals surface area contributed by atoms with Crippen molar-refractivity contribution in [2.45, 2.75) is 18.9 Å². The van der Waals surface area contributed by atoms with Crippen LogP contribution in [-0.2, 0) is 0 Å². The molecule has 0 spiro atoms. The summed E-state index contributed by atoms with van der Waals surface area (Å²) in [7, 11) is 0. The Morgan fingerprint density at radius 1 is 1.32 bits per heavy atom. The predicted molar refractivity (Wildman–Crippen MR) is 104 cm³/mol. The molecule has 1 aromatic carbocycles. The van der Waals surface area contributed by atoms with E-state index in [2.05, 4.69) is 31.9 Å². The summed E-state index contributed by atoms with van der Waals surface area (Å²) in [5.74, 6) is -0.191. The van der Waals surface area contributed by atoms with Crippen molar-refractivity contribution >= 4 is 44.9 Å². The molecule has 132 valence electrons. The number of amides is 3. The number of carbonyl (C=O) groups is 2. The molecule has 1 aromatic heterocycles. The van der Waals surface area contributed by atoms with Crippen LogP contribution in [0.4, 0.5) is 10.5 Å². The minimum Gasteiger partial charge on any atom is -0.351 e. The summed E-state index contributed by atoms with van der Waals surface area (Å²) in [4.78, 5) is 25.3. The number of hydrogen-bond donors (Lipinski definition) is 4. The van der Waals surface area contributed by atoms with Gasteiger partial charge in [-0.2, -0.15) is 0 Å². The van der Waals surface area contributed by atoms with Gasteiger partial charge in [0.25, 0.3) is 5.91 Å². The molecule has 2 heterocycles. The van der Waals surface area contributed by atoms with Crippen molar-refractivity contribution in [2.75, 3.05) is 18.4 Å². The van der Waals surface area contributed by atoms with E-state index in [1.807, 2.05) is 24.3 Å². The molecule has 0 aliphatic carbocycles. The van der Waals surface area contributed by atoms with Gasteiger partial charge in [0.15, 0.2) is 0 Å². The predicted octanol–water partition coefficient (Wildman–Crippen LogP) is 3.15. The number of piperidine rings is 1. The van der Waals surface area contributed by atoms with Gasteiger partial charge in [-0.3, -0.25) is 4.79 Å². The highest BCUT2D eigenvalue weighted by Gasteiger charge is 2.22. The maximum Gasteiger partial charge on any atom is 0.316 e. The Balaban J connectivity index is 1.87. The first-order valence-corrected chi connectivity index (χ1v) is 9.61. The first-order chi connectivity index (χ1) is 12.0. The summed E-state index contributed by atoms with van der Waals surface area (Å²) in [6.07, 6.45) is 1.98. The van der Waals surface area contributed by atoms with Gasteiger partial charge < -0.3 is 21.7 Å². The molecule has 0 unspecified atom stereocenters. The molecular weight excluding hydrogens is 404 g/mol. The van der Waals surface area contributed by atoms with Crippen molar-refractivity contribution in [3.05, 3.63) is 39.7 Å². The van der Waals surface area contributed by atoms with Crippen LogP contribution in [0.25, 0.3) is 10.4 Å². The monoisotopic (exact) mass is 422 g/mol. The van der Waals surface area contributed by atoms with Crippen LogP contribution in [0.5, 0.6) is 0 Å². The number of anilines is 1. The largest absolute Gasteiger partial charge is 0.351 e. The third-order valence-corrected chi connectivity index (χ3v) is 5.61. The van der Waals surface area contributed by atoms with Crippen molar-refractivity contribution in [1.29, 1.82) is 0 Å². The second kappa shape index (κ2) is 7.99. The normalized spacial score (nSPS) is 17.1. The van der Waals surface area contributed by atoms with Gasteiger partial charge in [-0.25, -0.2) is 4.79 Å². The third-order valence-electron chi connectivity index (χ3n) is 3.94. The molecule has 8 heteroatoms. The lowest BCUT2D eigenvalue weighted by Gasteiger charge is -2.23. The number of thiophene rings is 1. The number of primary amides is 1. The number of urea groups is 1. The summed E-state index contributed by atoms with van der Waals surface area (Å²) >= 11 is 4.78. The Labute approximate surface area is 158 Å². The second-order valence-corrected chi connectivity index (χ2v) is 7.84. The van der Waals surface area contributed by atoms with Crippen LogP contribution in [0.15, 0.2) is 34.8 Å². The van der Waals surface area contributed by atoms with Gasteiger partial charge >= 0.3 is 6.03 Å². The van der Waals surface area contributed by atoms with E-state index in [0.29, 0.717) is 10.6 Å². The van der Waals surface area contributed by atoms with Crippen LogP contribution >= 0.6 is 27.3 Å². The molecule has 1 atom stereocenters. The average Bonchev–Trinajstić information content (AvgIpc) is 2.99. The standard InChI is InChI=1S/C17H19BrN4O2S/c18-11-4-1-3-10(7-11)14-8-13(22-17(19)24)15(25-14)16(23)21-12-5-2-6-20-9-12/h1,3-4,7-8,12,20H,2,5-6,9H2,(H,21,23)(H3,19,22,24)/t12-/m1/s1. The van der Waals surface area contributed by atoms with Crippen LogP contribution < -0.4 is 21.7 Å². The van der Waals surface area contributed by atoms with Crippen LogP contribution in [0, 0.1) is 0 Å². The quantitative estimate of drug-likeness (QED) is 0.609. The molecule has 5 N–H and O–H groups in total. The average molecular weight is 423 g/mol. The van der Waals surface area contributed by atoms with E-state index >= 15 is 0 Å². The minimum atomic E-state index is -0.688. The van der Waals surface area contributed by atoms with Gasteiger partial charge in [0, 0.05) is 21.9 Å². The molecule has 1 aliphatic rings. The molecule has 1 saturated heterocycles. The number of nitrogens with one attached hydrogen (secondary N) is 3. The smallest absolute Gasteiger partial charge is 0.316 e. The molecule has 0 saturated carbocycles. The van der Waals surface area contributed by atoms with Crippen LogP contribution in [-0.4, -0.2) is 31.1 Å². The number of hydrogen-bond acceptors (Lipinski definition) is 4. The van der Waals surface area contributed by atoms with Gasteiger partial charge in [-0.1, -0.05) is 28.1 Å². The van der Waals surface area contributed by atoms with Crippen molar-refractivity contribution in [1.82, 2.24) is 10.6 Å². The van der Waals surface area contributed by atoms with E-state index in [1.54, 1.807) is 6.07 Å². The van der Waals surface area contributed by atoms with Crippen molar-refractivity contribution in [3.63, 3.8) is 0 Å². The maximum atomic E-state index is 12.7. The number of benzene rings is 1. The summed E-state index contributed by atoms with van der Waals surface area (Å²) in [5.41, 5.74) is 6.66. The van der Waals surface area contributed by atoms with E-state index < -0.39 is 6.03 Å². The minimum absolute atomic E-state index is 0.0964. The maximum absolute atomic E-state index is 12.7. The molecule has 0 radical (unpaired) electrons. The number of carbonyl (C=O) groups excluding carboxylic acids is 2. The molecule has 1 fully saturated rings. The summed E-state index contributed by atoms with van der Waals surface area (Å²) in [6, 6.07) is 8.97. The zero-order chi connectivity index (χ0) is 17.8. The van der Waals surface area contributed by atoms with Gasteiger partial charge in [-0.15, -0.1) is 11.3 Å². The molecule has 3 amide bonds. The molecule has 1 aliphatic heterocycles. The Bertz CT molecular complexity index is 787. The lowest BCUT2D eigenvalue weighted by Crippen LogP contribution is -2.45. The molecule has 25 heavy (non-hydrogen) atoms. The fourth-order valence-corrected chi connectivity index (χ4v) is 4.21. The molecule has 3 rings (SSSR count). The highest BCUT2D eigenvalue weighted by atomic mass is 79.9. The van der Waals surface area contributed by atoms with Gasteiger partial charge in [0.1, 0.15) is 4.88 Å². The Morgan fingerprint density at radius 2 is 2.16 bits per heavy atom. The van der Waals surface area contributed by atoms with E-state index in [4.69, 9.17) is 5.73 Å². The van der Waals surface area contributed by atoms with Gasteiger partial charge in [0.05, 0.1) is 5.69 Å². The van der Waals surface area contributed by atoms with E-state index in [0.717, 1.165) is 40.8 Å². The second-order valence-electron chi connectivity index (χ2n) is 5.87. The number of nitrogens with two attached hydrogens (primary N) is 1. The first kappa shape index (κ1) is 17.9. The lowest BCUT2D eigenvalue weighted by molar-refractivity contribution is 0.0935. The van der Waals surface area contributed by atoms with E-state index in [1.165, 1.54) is 11.3 Å². The van der Waals surface area contributed by atoms with Crippen LogP contribution in [0.2, 0.25) is 0 Å². The fraction of sp³-hybridized carbons (Fsp3) is 0.294. The zero-order valence-electron chi connectivity index (χ0n) is 13.5. The first-order valence-electron chi connectivity index (χ1n) is 8.01. The summed E-state index contributed by atoms with van der Waals surface area (Å²) in [5, 5.41) is 8.86. The van der Waals surface area contributed by atoms with Crippen LogP contribution in [0.1, 0.15) is 22.5 Å². The van der Waals surface area contributed by atoms with Crippen molar-refractivity contribution < 1.29 is 9.59 Å². The zero-order valence-corrected chi connectivity index (χ0v) is 15.9. The Morgan fingerprint density at radius 3 is 2.84 bits per heavy atom. The van der Waals surface area contributed by atoms with Crippen molar-refractivity contribution in [3.8, 4) is 10.4 Å². The topological polar surface area (TPSA) is 96.2 Å². The Kier molecular flexibility index (Phi) is 5.72. The van der Waals surface area contributed by atoms with Gasteiger partial charge in [-0.05, 0) is 43.1 Å². The molecule has 6 nitrogen and oxygen atoms in total. The summed E-state index contributed by atoms with van der Waals surface area (Å²) in [6.45, 7) is 1.74. The highest BCUT2D eigenvalue weighted by Crippen LogP contribution is 2.35. The van der Waals surface area contributed by atoms with Gasteiger partial charge in [0.2, 0.25) is 0 Å². The molecular formula is C17H19BrN4O2S. The molecule has 0 bridgehead atoms. The fourth-order valence-electron chi connectivity index (χ4n) is 2.80. The molecule has 2 aromatic rings. The number of halogens is 1. The SMILES string of the molecule is NC(=O)Nc1cc(-c2cccc(Br)c2)sc1C(=O)N[C@@H]1CCCNC1. The van der Waals surface area contributed by atoms with E-state index in [9.17, 15) is 9.59 Å².